The second-order valence-corrected chi connectivity index (χ2v) is 5.99. The van der Waals surface area contributed by atoms with Gasteiger partial charge in [0.2, 0.25) is 0 Å². The number of hydrogen-bond acceptors (Lipinski definition) is 1. The minimum absolute atomic E-state index is 0.304. The fraction of sp³-hybridized carbons (Fsp3) is 0.600. The van der Waals surface area contributed by atoms with Gasteiger partial charge in [-0.1, -0.05) is 44.0 Å². The predicted octanol–water partition coefficient (Wildman–Crippen LogP) is 5.47. The lowest BCUT2D eigenvalue weighted by Crippen LogP contribution is -2.23. The maximum absolute atomic E-state index is 6.29. The molecule has 0 fully saturated rings. The van der Waals surface area contributed by atoms with Crippen LogP contribution in [-0.2, 0) is 0 Å². The first kappa shape index (κ1) is 15.8. The monoisotopic (exact) mass is 287 g/mol. The smallest absolute Gasteiger partial charge is 0.0454 e. The Hall–Kier alpha value is -0.240. The summed E-state index contributed by atoms with van der Waals surface area (Å²) < 4.78 is 0. The summed E-state index contributed by atoms with van der Waals surface area (Å²) in [6, 6.07) is 6.01. The molecule has 1 N–H and O–H groups in total. The molecule has 0 aliphatic carbocycles. The molecule has 1 nitrogen and oxygen atoms in total. The van der Waals surface area contributed by atoms with Gasteiger partial charge >= 0.3 is 0 Å². The van der Waals surface area contributed by atoms with Gasteiger partial charge in [0.05, 0.1) is 0 Å². The Kier molecular flexibility index (Phi) is 7.06. The van der Waals surface area contributed by atoms with Gasteiger partial charge in [-0.05, 0) is 55.5 Å². The lowest BCUT2D eigenvalue weighted by molar-refractivity contribution is 0.441. The lowest BCUT2D eigenvalue weighted by atomic mass is 9.97. The zero-order chi connectivity index (χ0) is 13.5. The van der Waals surface area contributed by atoms with Gasteiger partial charge in [0.15, 0.2) is 0 Å². The molecule has 0 amide bonds. The van der Waals surface area contributed by atoms with Crippen molar-refractivity contribution < 1.29 is 0 Å². The fourth-order valence-electron chi connectivity index (χ4n) is 1.97. The Morgan fingerprint density at radius 2 is 1.89 bits per heavy atom. The highest BCUT2D eigenvalue weighted by atomic mass is 35.5. The molecule has 1 aromatic rings. The van der Waals surface area contributed by atoms with E-state index in [0.717, 1.165) is 35.0 Å². The summed E-state index contributed by atoms with van der Waals surface area (Å²) in [6.07, 6.45) is 3.40. The van der Waals surface area contributed by atoms with Gasteiger partial charge in [-0.15, -0.1) is 0 Å². The van der Waals surface area contributed by atoms with Crippen LogP contribution in [0.2, 0.25) is 10.0 Å². The number of nitrogens with one attached hydrogen (secondary N) is 1. The Morgan fingerprint density at radius 3 is 2.50 bits per heavy atom. The maximum Gasteiger partial charge on any atom is 0.0454 e. The molecular formula is C15H23Cl2N. The third-order valence-electron chi connectivity index (χ3n) is 3.01. The minimum atomic E-state index is 0.304. The molecule has 102 valence electrons. The second kappa shape index (κ2) is 8.04. The van der Waals surface area contributed by atoms with Crippen LogP contribution in [0.4, 0.5) is 0 Å². The van der Waals surface area contributed by atoms with Gasteiger partial charge in [-0.25, -0.2) is 0 Å². The third-order valence-corrected chi connectivity index (χ3v) is 3.59. The van der Waals surface area contributed by atoms with Crippen molar-refractivity contribution in [2.24, 2.45) is 5.92 Å². The van der Waals surface area contributed by atoms with Crippen LogP contribution in [0.15, 0.2) is 18.2 Å². The minimum Gasteiger partial charge on any atom is -0.310 e. The summed E-state index contributed by atoms with van der Waals surface area (Å²) in [6.45, 7) is 7.67. The third kappa shape index (κ3) is 5.17. The molecule has 0 saturated heterocycles. The maximum atomic E-state index is 6.29. The quantitative estimate of drug-likeness (QED) is 0.701. The largest absolute Gasteiger partial charge is 0.310 e. The van der Waals surface area contributed by atoms with Crippen LogP contribution in [0.3, 0.4) is 0 Å². The van der Waals surface area contributed by atoms with E-state index in [1.165, 1.54) is 6.42 Å². The zero-order valence-corrected chi connectivity index (χ0v) is 13.0. The molecule has 1 atom stereocenters. The van der Waals surface area contributed by atoms with E-state index in [0.29, 0.717) is 12.0 Å². The molecule has 0 heterocycles. The molecule has 1 aromatic carbocycles. The van der Waals surface area contributed by atoms with Crippen molar-refractivity contribution >= 4 is 23.2 Å². The highest BCUT2D eigenvalue weighted by Crippen LogP contribution is 2.29. The summed E-state index contributed by atoms with van der Waals surface area (Å²) in [5, 5.41) is 5.12. The van der Waals surface area contributed by atoms with Gasteiger partial charge in [-0.2, -0.15) is 0 Å². The summed E-state index contributed by atoms with van der Waals surface area (Å²) in [7, 11) is 0. The summed E-state index contributed by atoms with van der Waals surface area (Å²) >= 11 is 12.4. The molecule has 0 spiro atoms. The van der Waals surface area contributed by atoms with Crippen LogP contribution in [0.1, 0.15) is 51.6 Å². The molecule has 0 saturated carbocycles. The van der Waals surface area contributed by atoms with Crippen molar-refractivity contribution in [1.82, 2.24) is 5.32 Å². The molecule has 1 unspecified atom stereocenters. The molecule has 0 bridgehead atoms. The Labute approximate surface area is 121 Å². The predicted molar refractivity (Wildman–Crippen MR) is 81.6 cm³/mol. The van der Waals surface area contributed by atoms with E-state index < -0.39 is 0 Å². The first-order valence-electron chi connectivity index (χ1n) is 6.73. The van der Waals surface area contributed by atoms with E-state index in [1.54, 1.807) is 0 Å². The molecule has 0 aliphatic rings. The van der Waals surface area contributed by atoms with Gasteiger partial charge in [0.1, 0.15) is 0 Å². The molecular weight excluding hydrogens is 265 g/mol. The summed E-state index contributed by atoms with van der Waals surface area (Å²) in [5.74, 6) is 0.703. The van der Waals surface area contributed by atoms with Crippen LogP contribution < -0.4 is 5.32 Å². The van der Waals surface area contributed by atoms with Crippen LogP contribution >= 0.6 is 23.2 Å². The average Bonchev–Trinajstić information content (AvgIpc) is 2.32. The van der Waals surface area contributed by atoms with E-state index in [1.807, 2.05) is 18.2 Å². The van der Waals surface area contributed by atoms with E-state index in [4.69, 9.17) is 23.2 Å². The zero-order valence-electron chi connectivity index (χ0n) is 11.5. The van der Waals surface area contributed by atoms with Gasteiger partial charge in [0.25, 0.3) is 0 Å². The van der Waals surface area contributed by atoms with Crippen molar-refractivity contribution in [2.45, 2.75) is 46.1 Å². The summed E-state index contributed by atoms with van der Waals surface area (Å²) in [4.78, 5) is 0. The van der Waals surface area contributed by atoms with E-state index in [2.05, 4.69) is 26.1 Å². The number of rotatable bonds is 7. The van der Waals surface area contributed by atoms with Crippen molar-refractivity contribution in [3.8, 4) is 0 Å². The van der Waals surface area contributed by atoms with Crippen molar-refractivity contribution in [3.63, 3.8) is 0 Å². The molecule has 0 aromatic heterocycles. The van der Waals surface area contributed by atoms with Crippen LogP contribution in [0.25, 0.3) is 0 Å². The van der Waals surface area contributed by atoms with Crippen LogP contribution in [-0.4, -0.2) is 6.54 Å². The van der Waals surface area contributed by atoms with E-state index >= 15 is 0 Å². The van der Waals surface area contributed by atoms with Crippen molar-refractivity contribution in [3.05, 3.63) is 33.8 Å². The first-order valence-corrected chi connectivity index (χ1v) is 7.48. The number of hydrogen-bond donors (Lipinski definition) is 1. The number of benzene rings is 1. The first-order chi connectivity index (χ1) is 8.54. The second-order valence-electron chi connectivity index (χ2n) is 5.14. The van der Waals surface area contributed by atoms with E-state index in [-0.39, 0.29) is 0 Å². The Morgan fingerprint density at radius 1 is 1.17 bits per heavy atom. The van der Waals surface area contributed by atoms with Crippen molar-refractivity contribution in [2.75, 3.05) is 6.54 Å². The highest BCUT2D eigenvalue weighted by molar-refractivity contribution is 6.33. The fourth-order valence-corrected chi connectivity index (χ4v) is 2.40. The molecule has 0 radical (unpaired) electrons. The molecule has 18 heavy (non-hydrogen) atoms. The molecule has 3 heteroatoms. The normalized spacial score (nSPS) is 13.0. The topological polar surface area (TPSA) is 12.0 Å². The lowest BCUT2D eigenvalue weighted by Gasteiger charge is -2.21. The SMILES string of the molecule is CCCNC(CCC(C)C)c1cc(Cl)ccc1Cl. The van der Waals surface area contributed by atoms with Crippen molar-refractivity contribution in [1.29, 1.82) is 0 Å². The van der Waals surface area contributed by atoms with Crippen LogP contribution in [0.5, 0.6) is 0 Å². The van der Waals surface area contributed by atoms with E-state index in [9.17, 15) is 0 Å². The van der Waals surface area contributed by atoms with Gasteiger partial charge in [-0.3, -0.25) is 0 Å². The summed E-state index contributed by atoms with van der Waals surface area (Å²) in [5.41, 5.74) is 1.12. The van der Waals surface area contributed by atoms with Gasteiger partial charge < -0.3 is 5.32 Å². The van der Waals surface area contributed by atoms with Crippen LogP contribution in [0, 0.1) is 5.92 Å². The Balaban J connectivity index is 2.82. The highest BCUT2D eigenvalue weighted by Gasteiger charge is 2.15. The number of halogens is 2. The average molecular weight is 288 g/mol. The standard InChI is InChI=1S/C15H23Cl2N/c1-4-9-18-15(8-5-11(2)3)13-10-12(16)6-7-14(13)17/h6-7,10-11,15,18H,4-5,8-9H2,1-3H3. The molecule has 0 aliphatic heterocycles. The Bertz CT molecular complexity index is 364. The molecule has 1 rings (SSSR count). The van der Waals surface area contributed by atoms with Gasteiger partial charge in [0, 0.05) is 16.1 Å².